The average molecular weight is 256 g/mol. The van der Waals surface area contributed by atoms with Gasteiger partial charge in [0.15, 0.2) is 0 Å². The summed E-state index contributed by atoms with van der Waals surface area (Å²) in [6.07, 6.45) is 2.25. The highest BCUT2D eigenvalue weighted by atomic mass is 16.5. The molecule has 0 aromatic rings. The molecule has 3 unspecified atom stereocenters. The molecule has 0 aromatic heterocycles. The number of rotatable bonds is 7. The van der Waals surface area contributed by atoms with Crippen LogP contribution >= 0.6 is 0 Å². The van der Waals surface area contributed by atoms with Crippen molar-refractivity contribution in [2.45, 2.75) is 65.7 Å². The van der Waals surface area contributed by atoms with Gasteiger partial charge in [0.2, 0.25) is 5.91 Å². The highest BCUT2D eigenvalue weighted by Crippen LogP contribution is 2.22. The van der Waals surface area contributed by atoms with Gasteiger partial charge < -0.3 is 9.64 Å². The highest BCUT2D eigenvalue weighted by molar-refractivity contribution is 5.84. The number of ether oxygens (including phenoxy) is 1. The molecule has 1 aliphatic heterocycles. The lowest BCUT2D eigenvalue weighted by molar-refractivity contribution is -0.134. The molecule has 0 aliphatic carbocycles. The maximum atomic E-state index is 12.3. The zero-order chi connectivity index (χ0) is 13.7. The zero-order valence-electron chi connectivity index (χ0n) is 12.4. The molecule has 0 spiro atoms. The first-order valence-electron chi connectivity index (χ1n) is 7.18. The van der Waals surface area contributed by atoms with Crippen molar-refractivity contribution in [2.24, 2.45) is 5.92 Å². The molecule has 3 atom stereocenters. The van der Waals surface area contributed by atoms with Gasteiger partial charge in [-0.15, -0.1) is 0 Å². The van der Waals surface area contributed by atoms with Gasteiger partial charge in [-0.2, -0.15) is 0 Å². The molecule has 1 amide bonds. The van der Waals surface area contributed by atoms with Gasteiger partial charge in [-0.05, 0) is 26.2 Å². The lowest BCUT2D eigenvalue weighted by Crippen LogP contribution is -2.49. The first-order chi connectivity index (χ1) is 8.52. The highest BCUT2D eigenvalue weighted by Gasteiger charge is 2.40. The van der Waals surface area contributed by atoms with Crippen molar-refractivity contribution >= 4 is 5.91 Å². The standard InChI is InChI=1S/C14H28N2O2/c1-6-8-13-15-11(5)14(17)16(13)12(10(3)4)9-18-7-2/h10-13,15H,6-9H2,1-5H3. The third kappa shape index (κ3) is 3.45. The summed E-state index contributed by atoms with van der Waals surface area (Å²) in [5.41, 5.74) is 0. The Labute approximate surface area is 111 Å². The second kappa shape index (κ2) is 7.10. The van der Waals surface area contributed by atoms with Crippen molar-refractivity contribution in [1.29, 1.82) is 0 Å². The van der Waals surface area contributed by atoms with E-state index < -0.39 is 0 Å². The molecule has 0 saturated carbocycles. The Morgan fingerprint density at radius 1 is 1.39 bits per heavy atom. The van der Waals surface area contributed by atoms with Crippen LogP contribution in [-0.4, -0.2) is 42.3 Å². The fourth-order valence-electron chi connectivity index (χ4n) is 2.54. The van der Waals surface area contributed by atoms with Crippen molar-refractivity contribution in [2.75, 3.05) is 13.2 Å². The number of hydrogen-bond donors (Lipinski definition) is 1. The third-order valence-corrected chi connectivity index (χ3v) is 3.58. The molecule has 1 fully saturated rings. The Morgan fingerprint density at radius 2 is 2.06 bits per heavy atom. The van der Waals surface area contributed by atoms with E-state index in [-0.39, 0.29) is 24.2 Å². The van der Waals surface area contributed by atoms with Crippen LogP contribution in [0.4, 0.5) is 0 Å². The van der Waals surface area contributed by atoms with Crippen molar-refractivity contribution in [1.82, 2.24) is 10.2 Å². The molecule has 1 N–H and O–H groups in total. The smallest absolute Gasteiger partial charge is 0.241 e. The number of amides is 1. The summed E-state index contributed by atoms with van der Waals surface area (Å²) in [4.78, 5) is 14.3. The molecule has 4 nitrogen and oxygen atoms in total. The monoisotopic (exact) mass is 256 g/mol. The number of hydrogen-bond acceptors (Lipinski definition) is 3. The van der Waals surface area contributed by atoms with Gasteiger partial charge in [0.25, 0.3) is 0 Å². The number of nitrogens with one attached hydrogen (secondary N) is 1. The van der Waals surface area contributed by atoms with Gasteiger partial charge in [0.1, 0.15) is 0 Å². The van der Waals surface area contributed by atoms with Crippen LogP contribution in [-0.2, 0) is 9.53 Å². The Balaban J connectivity index is 2.81. The summed E-state index contributed by atoms with van der Waals surface area (Å²) in [5, 5.41) is 3.39. The lowest BCUT2D eigenvalue weighted by atomic mass is 10.0. The van der Waals surface area contributed by atoms with Gasteiger partial charge in [-0.1, -0.05) is 27.2 Å². The quantitative estimate of drug-likeness (QED) is 0.757. The van der Waals surface area contributed by atoms with Gasteiger partial charge in [0.05, 0.1) is 24.9 Å². The molecule has 1 aliphatic rings. The number of carbonyl (C=O) groups excluding carboxylic acids is 1. The van der Waals surface area contributed by atoms with Crippen LogP contribution < -0.4 is 5.32 Å². The molecular weight excluding hydrogens is 228 g/mol. The average Bonchev–Trinajstić information content (AvgIpc) is 2.57. The predicted molar refractivity (Wildman–Crippen MR) is 73.3 cm³/mol. The van der Waals surface area contributed by atoms with E-state index >= 15 is 0 Å². The zero-order valence-corrected chi connectivity index (χ0v) is 12.4. The van der Waals surface area contributed by atoms with E-state index in [1.165, 1.54) is 0 Å². The van der Waals surface area contributed by atoms with E-state index in [2.05, 4.69) is 26.1 Å². The molecule has 106 valence electrons. The molecule has 0 bridgehead atoms. The van der Waals surface area contributed by atoms with Crippen molar-refractivity contribution in [3.8, 4) is 0 Å². The maximum absolute atomic E-state index is 12.3. The van der Waals surface area contributed by atoms with E-state index in [1.807, 2.05) is 18.7 Å². The SMILES string of the molecule is CCCC1NC(C)C(=O)N1C(COCC)C(C)C. The number of carbonyl (C=O) groups is 1. The summed E-state index contributed by atoms with van der Waals surface area (Å²) in [7, 11) is 0. The molecule has 4 heteroatoms. The minimum atomic E-state index is -0.0653. The van der Waals surface area contributed by atoms with Gasteiger partial charge >= 0.3 is 0 Å². The first-order valence-corrected chi connectivity index (χ1v) is 7.18. The van der Waals surface area contributed by atoms with E-state index in [9.17, 15) is 4.79 Å². The van der Waals surface area contributed by atoms with Crippen LogP contribution in [0.25, 0.3) is 0 Å². The van der Waals surface area contributed by atoms with Crippen LogP contribution in [0, 0.1) is 5.92 Å². The Bertz CT molecular complexity index is 269. The van der Waals surface area contributed by atoms with Crippen molar-refractivity contribution < 1.29 is 9.53 Å². The molecule has 1 heterocycles. The summed E-state index contributed by atoms with van der Waals surface area (Å²) < 4.78 is 5.56. The maximum Gasteiger partial charge on any atom is 0.241 e. The molecule has 0 radical (unpaired) electrons. The van der Waals surface area contributed by atoms with Gasteiger partial charge in [-0.25, -0.2) is 0 Å². The molecule has 0 aromatic carbocycles. The largest absolute Gasteiger partial charge is 0.380 e. The minimum Gasteiger partial charge on any atom is -0.380 e. The van der Waals surface area contributed by atoms with Gasteiger partial charge in [0, 0.05) is 6.61 Å². The summed E-state index contributed by atoms with van der Waals surface area (Å²) in [6.45, 7) is 11.7. The lowest BCUT2D eigenvalue weighted by Gasteiger charge is -2.35. The van der Waals surface area contributed by atoms with Crippen molar-refractivity contribution in [3.05, 3.63) is 0 Å². The Kier molecular flexibility index (Phi) is 6.09. The fraction of sp³-hybridized carbons (Fsp3) is 0.929. The molecule has 1 rings (SSSR count). The Hall–Kier alpha value is -0.610. The van der Waals surface area contributed by atoms with E-state index in [1.54, 1.807) is 0 Å². The third-order valence-electron chi connectivity index (χ3n) is 3.58. The summed E-state index contributed by atoms with van der Waals surface area (Å²) in [6, 6.07) is 0.107. The topological polar surface area (TPSA) is 41.6 Å². The van der Waals surface area contributed by atoms with Crippen LogP contribution in [0.15, 0.2) is 0 Å². The first kappa shape index (κ1) is 15.4. The van der Waals surface area contributed by atoms with E-state index in [4.69, 9.17) is 4.74 Å². The molecule has 1 saturated heterocycles. The molecule has 18 heavy (non-hydrogen) atoms. The van der Waals surface area contributed by atoms with Gasteiger partial charge in [-0.3, -0.25) is 10.1 Å². The second-order valence-corrected chi connectivity index (χ2v) is 5.41. The van der Waals surface area contributed by atoms with Crippen LogP contribution in [0.3, 0.4) is 0 Å². The predicted octanol–water partition coefficient (Wildman–Crippen LogP) is 1.99. The van der Waals surface area contributed by atoms with E-state index in [0.29, 0.717) is 19.1 Å². The van der Waals surface area contributed by atoms with Crippen LogP contribution in [0.2, 0.25) is 0 Å². The van der Waals surface area contributed by atoms with E-state index in [0.717, 1.165) is 12.8 Å². The Morgan fingerprint density at radius 3 is 2.56 bits per heavy atom. The summed E-state index contributed by atoms with van der Waals surface area (Å²) in [5.74, 6) is 0.624. The summed E-state index contributed by atoms with van der Waals surface area (Å²) >= 11 is 0. The minimum absolute atomic E-state index is 0.0653. The van der Waals surface area contributed by atoms with Crippen LogP contribution in [0.5, 0.6) is 0 Å². The van der Waals surface area contributed by atoms with Crippen LogP contribution in [0.1, 0.15) is 47.5 Å². The van der Waals surface area contributed by atoms with Crippen molar-refractivity contribution in [3.63, 3.8) is 0 Å². The fourth-order valence-corrected chi connectivity index (χ4v) is 2.54. The number of nitrogens with zero attached hydrogens (tertiary/aromatic N) is 1. The second-order valence-electron chi connectivity index (χ2n) is 5.41. The molecular formula is C14H28N2O2. The normalized spacial score (nSPS) is 26.1.